The fourth-order valence-corrected chi connectivity index (χ4v) is 1.97. The second-order valence-corrected chi connectivity index (χ2v) is 4.21. The van der Waals surface area contributed by atoms with E-state index in [4.69, 9.17) is 11.6 Å². The molecule has 80 valence electrons. The minimum Gasteiger partial charge on any atom is -0.340 e. The highest BCUT2D eigenvalue weighted by atomic mass is 35.5. The normalized spacial score (nSPS) is 9.67. The lowest BCUT2D eigenvalue weighted by Crippen LogP contribution is -1.80. The van der Waals surface area contributed by atoms with E-state index in [-0.39, 0.29) is 12.4 Å². The number of aromatic amines is 1. The molecule has 1 N–H and O–H groups in total. The number of benzene rings is 1. The maximum absolute atomic E-state index is 5.79. The van der Waals surface area contributed by atoms with Crippen LogP contribution >= 0.6 is 35.8 Å². The number of hydrogen-bond donors (Lipinski definition) is 1. The molecular weight excluding hydrogens is 251 g/mol. The number of nitrogens with zero attached hydrogens (tertiary/aromatic N) is 1. The van der Waals surface area contributed by atoms with Crippen molar-refractivity contribution in [1.29, 1.82) is 0 Å². The second kappa shape index (κ2) is 6.05. The Bertz CT molecular complexity index is 386. The van der Waals surface area contributed by atoms with Gasteiger partial charge >= 0.3 is 0 Å². The average Bonchev–Trinajstić information content (AvgIpc) is 2.70. The summed E-state index contributed by atoms with van der Waals surface area (Å²) in [4.78, 5) is 7.17. The molecule has 1 heterocycles. The van der Waals surface area contributed by atoms with Gasteiger partial charge in [-0.1, -0.05) is 35.5 Å². The van der Waals surface area contributed by atoms with Gasteiger partial charge in [0.1, 0.15) is 0 Å². The largest absolute Gasteiger partial charge is 0.340 e. The molecular formula is C10H10Cl2N2S. The Morgan fingerprint density at radius 1 is 1.27 bits per heavy atom. The van der Waals surface area contributed by atoms with Gasteiger partial charge < -0.3 is 4.98 Å². The highest BCUT2D eigenvalue weighted by molar-refractivity contribution is 7.98. The molecule has 2 aromatic rings. The van der Waals surface area contributed by atoms with Gasteiger partial charge in [0.25, 0.3) is 0 Å². The van der Waals surface area contributed by atoms with Gasteiger partial charge in [-0.3, -0.25) is 0 Å². The Morgan fingerprint density at radius 3 is 2.60 bits per heavy atom. The summed E-state index contributed by atoms with van der Waals surface area (Å²) < 4.78 is 0. The Hall–Kier alpha value is -0.640. The van der Waals surface area contributed by atoms with Gasteiger partial charge in [-0.2, -0.15) is 0 Å². The summed E-state index contributed by atoms with van der Waals surface area (Å²) in [5.41, 5.74) is 1.25. The first-order chi connectivity index (χ1) is 6.84. The molecule has 0 aliphatic rings. The van der Waals surface area contributed by atoms with E-state index in [1.54, 1.807) is 18.0 Å². The molecule has 1 aromatic carbocycles. The number of rotatable bonds is 3. The summed E-state index contributed by atoms with van der Waals surface area (Å²) in [6.07, 6.45) is 3.58. The molecule has 0 aliphatic carbocycles. The summed E-state index contributed by atoms with van der Waals surface area (Å²) in [7, 11) is 0. The highest BCUT2D eigenvalue weighted by Gasteiger charge is 1.97. The van der Waals surface area contributed by atoms with Crippen molar-refractivity contribution in [2.24, 2.45) is 0 Å². The first-order valence-corrected chi connectivity index (χ1v) is 5.57. The van der Waals surface area contributed by atoms with Crippen molar-refractivity contribution in [2.45, 2.75) is 10.9 Å². The third-order valence-corrected chi connectivity index (χ3v) is 2.99. The molecule has 0 atom stereocenters. The summed E-state index contributed by atoms with van der Waals surface area (Å²) >= 11 is 7.46. The van der Waals surface area contributed by atoms with E-state index in [1.807, 2.05) is 30.5 Å². The number of thioether (sulfide) groups is 1. The van der Waals surface area contributed by atoms with Crippen LogP contribution in [0.2, 0.25) is 5.02 Å². The fraction of sp³-hybridized carbons (Fsp3) is 0.100. The molecule has 5 heteroatoms. The summed E-state index contributed by atoms with van der Waals surface area (Å²) in [5, 5.41) is 1.72. The van der Waals surface area contributed by atoms with E-state index >= 15 is 0 Å². The molecule has 0 aliphatic heterocycles. The number of halogens is 2. The summed E-state index contributed by atoms with van der Waals surface area (Å²) in [5.74, 6) is 0.907. The van der Waals surface area contributed by atoms with Crippen molar-refractivity contribution in [3.8, 4) is 0 Å². The third kappa shape index (κ3) is 3.78. The van der Waals surface area contributed by atoms with Crippen molar-refractivity contribution in [2.75, 3.05) is 0 Å². The van der Waals surface area contributed by atoms with Crippen LogP contribution in [0.5, 0.6) is 0 Å². The molecule has 2 nitrogen and oxygen atoms in total. The van der Waals surface area contributed by atoms with Gasteiger partial charge in [-0.05, 0) is 17.7 Å². The van der Waals surface area contributed by atoms with E-state index in [9.17, 15) is 0 Å². The van der Waals surface area contributed by atoms with Crippen molar-refractivity contribution in [3.63, 3.8) is 0 Å². The maximum Gasteiger partial charge on any atom is 0.165 e. The van der Waals surface area contributed by atoms with E-state index in [0.717, 1.165) is 15.9 Å². The van der Waals surface area contributed by atoms with Gasteiger partial charge in [-0.25, -0.2) is 4.98 Å². The lowest BCUT2D eigenvalue weighted by Gasteiger charge is -1.98. The zero-order valence-electron chi connectivity index (χ0n) is 7.81. The molecule has 2 rings (SSSR count). The van der Waals surface area contributed by atoms with Crippen LogP contribution < -0.4 is 0 Å². The molecule has 0 unspecified atom stereocenters. The van der Waals surface area contributed by atoms with Gasteiger partial charge in [0.15, 0.2) is 5.16 Å². The molecule has 0 fully saturated rings. The zero-order chi connectivity index (χ0) is 9.80. The number of nitrogens with one attached hydrogen (secondary N) is 1. The van der Waals surface area contributed by atoms with Crippen LogP contribution in [0, 0.1) is 0 Å². The average molecular weight is 261 g/mol. The zero-order valence-corrected chi connectivity index (χ0v) is 10.2. The lowest BCUT2D eigenvalue weighted by molar-refractivity contribution is 1.06. The van der Waals surface area contributed by atoms with Crippen molar-refractivity contribution in [1.82, 2.24) is 9.97 Å². The Kier molecular flexibility index (Phi) is 5.02. The molecule has 0 saturated heterocycles. The van der Waals surface area contributed by atoms with E-state index in [0.29, 0.717) is 0 Å². The van der Waals surface area contributed by atoms with Crippen molar-refractivity contribution < 1.29 is 0 Å². The Morgan fingerprint density at radius 2 is 2.00 bits per heavy atom. The molecule has 0 radical (unpaired) electrons. The monoisotopic (exact) mass is 260 g/mol. The molecule has 0 saturated carbocycles. The van der Waals surface area contributed by atoms with Crippen LogP contribution in [0.15, 0.2) is 41.8 Å². The minimum absolute atomic E-state index is 0. The van der Waals surface area contributed by atoms with Gasteiger partial charge in [0.05, 0.1) is 0 Å². The van der Waals surface area contributed by atoms with E-state index < -0.39 is 0 Å². The SMILES string of the molecule is Cl.Clc1ccc(CSc2ncc[nH]2)cc1. The molecule has 1 aromatic heterocycles. The second-order valence-electron chi connectivity index (χ2n) is 2.81. The summed E-state index contributed by atoms with van der Waals surface area (Å²) in [6.45, 7) is 0. The van der Waals surface area contributed by atoms with Crippen LogP contribution in [-0.2, 0) is 5.75 Å². The fourth-order valence-electron chi connectivity index (χ4n) is 1.06. The Labute approximate surface area is 104 Å². The number of H-pyrrole nitrogens is 1. The smallest absolute Gasteiger partial charge is 0.165 e. The summed E-state index contributed by atoms with van der Waals surface area (Å²) in [6, 6.07) is 7.86. The highest BCUT2D eigenvalue weighted by Crippen LogP contribution is 2.19. The van der Waals surface area contributed by atoms with E-state index in [2.05, 4.69) is 9.97 Å². The van der Waals surface area contributed by atoms with Gasteiger partial charge in [0.2, 0.25) is 0 Å². The quantitative estimate of drug-likeness (QED) is 0.852. The third-order valence-electron chi connectivity index (χ3n) is 1.76. The van der Waals surface area contributed by atoms with Crippen LogP contribution in [-0.4, -0.2) is 9.97 Å². The molecule has 0 amide bonds. The predicted molar refractivity (Wildman–Crippen MR) is 66.8 cm³/mol. The van der Waals surface area contributed by atoms with Crippen LogP contribution in [0.4, 0.5) is 0 Å². The number of hydrogen-bond acceptors (Lipinski definition) is 2. The molecule has 0 bridgehead atoms. The van der Waals surface area contributed by atoms with Gasteiger partial charge in [0, 0.05) is 23.2 Å². The number of imidazole rings is 1. The van der Waals surface area contributed by atoms with Crippen LogP contribution in [0.3, 0.4) is 0 Å². The predicted octanol–water partition coefficient (Wildman–Crippen LogP) is 3.78. The van der Waals surface area contributed by atoms with Crippen LogP contribution in [0.25, 0.3) is 0 Å². The standard InChI is InChI=1S/C10H9ClN2S.ClH/c11-9-3-1-8(2-4-9)7-14-10-12-5-6-13-10;/h1-6H,7H2,(H,12,13);1H. The Balaban J connectivity index is 0.00000112. The minimum atomic E-state index is 0. The van der Waals surface area contributed by atoms with Crippen molar-refractivity contribution in [3.05, 3.63) is 47.2 Å². The van der Waals surface area contributed by atoms with Crippen molar-refractivity contribution >= 4 is 35.8 Å². The first-order valence-electron chi connectivity index (χ1n) is 4.21. The topological polar surface area (TPSA) is 28.7 Å². The lowest BCUT2D eigenvalue weighted by atomic mass is 10.2. The molecule has 0 spiro atoms. The maximum atomic E-state index is 5.79. The van der Waals surface area contributed by atoms with Gasteiger partial charge in [-0.15, -0.1) is 12.4 Å². The number of aromatic nitrogens is 2. The molecule has 15 heavy (non-hydrogen) atoms. The van der Waals surface area contributed by atoms with E-state index in [1.165, 1.54) is 5.56 Å². The van der Waals surface area contributed by atoms with Crippen LogP contribution in [0.1, 0.15) is 5.56 Å². The first kappa shape index (κ1) is 12.4.